The summed E-state index contributed by atoms with van der Waals surface area (Å²) in [7, 11) is 0. The van der Waals surface area contributed by atoms with E-state index in [-0.39, 0.29) is 18.2 Å². The molecule has 1 spiro atoms. The highest BCUT2D eigenvalue weighted by Crippen LogP contribution is 2.61. The van der Waals surface area contributed by atoms with Crippen molar-refractivity contribution < 1.29 is 28.3 Å². The van der Waals surface area contributed by atoms with Crippen molar-refractivity contribution >= 4 is 23.1 Å². The molecule has 2 aromatic heterocycles. The molecule has 5 aromatic rings. The Hall–Kier alpha value is -5.68. The van der Waals surface area contributed by atoms with Gasteiger partial charge in [-0.3, -0.25) is 9.59 Å². The van der Waals surface area contributed by atoms with Crippen molar-refractivity contribution in [3.8, 4) is 28.5 Å². The van der Waals surface area contributed by atoms with Crippen LogP contribution in [0, 0.1) is 11.3 Å². The highest BCUT2D eigenvalue weighted by molar-refractivity contribution is 5.97. The van der Waals surface area contributed by atoms with Crippen molar-refractivity contribution in [3.05, 3.63) is 112 Å². The van der Waals surface area contributed by atoms with Gasteiger partial charge in [-0.25, -0.2) is 9.97 Å². The Balaban J connectivity index is 1.26. The lowest BCUT2D eigenvalue weighted by atomic mass is 9.72. The zero-order valence-corrected chi connectivity index (χ0v) is 30.0. The van der Waals surface area contributed by atoms with Gasteiger partial charge >= 0.3 is 0 Å². The van der Waals surface area contributed by atoms with Crippen LogP contribution in [0.4, 0.5) is 5.69 Å². The molecule has 5 atom stereocenters. The first-order valence-corrected chi connectivity index (χ1v) is 18.2. The quantitative estimate of drug-likeness (QED) is 0.176. The smallest absolute Gasteiger partial charge is 0.250 e. The minimum Gasteiger partial charge on any atom is -0.469 e. The lowest BCUT2D eigenvalue weighted by molar-refractivity contribution is -0.138. The molecule has 3 aromatic carbocycles. The van der Waals surface area contributed by atoms with Crippen LogP contribution in [0.15, 0.2) is 75.7 Å². The lowest BCUT2D eigenvalue weighted by Crippen LogP contribution is -2.53. The predicted molar refractivity (Wildman–Crippen MR) is 196 cm³/mol. The highest BCUT2D eigenvalue weighted by atomic mass is 16.5. The molecule has 2 amide bonds. The number of nitrogens with zero attached hydrogens (tertiary/aromatic N) is 2. The summed E-state index contributed by atoms with van der Waals surface area (Å²) in [5, 5.41) is 20.7. The summed E-state index contributed by atoms with van der Waals surface area (Å²) >= 11 is 0. The summed E-state index contributed by atoms with van der Waals surface area (Å²) in [5.41, 5.74) is 7.54. The summed E-state index contributed by atoms with van der Waals surface area (Å²) in [6, 6.07) is 16.9. The molecular weight excluding hydrogens is 670 g/mol. The Morgan fingerprint density at radius 2 is 1.85 bits per heavy atom. The number of carbonyl (C=O) groups is 2. The maximum Gasteiger partial charge on any atom is 0.250 e. The van der Waals surface area contributed by atoms with Gasteiger partial charge < -0.3 is 34.6 Å². The number of carbonyl (C=O) groups excluding carboxylic acids is 2. The number of ether oxygens (including phenoxy) is 1. The highest BCUT2D eigenvalue weighted by Gasteiger charge is 2.61. The van der Waals surface area contributed by atoms with Crippen LogP contribution in [0.2, 0.25) is 0 Å². The molecule has 0 radical (unpaired) electrons. The number of para-hydroxylation sites is 1. The van der Waals surface area contributed by atoms with E-state index in [4.69, 9.17) is 23.5 Å². The number of hydrogen-bond donors (Lipinski definition) is 4. The third kappa shape index (κ3) is 4.43. The first-order valence-electron chi connectivity index (χ1n) is 18.2. The molecule has 10 bridgehead atoms. The van der Waals surface area contributed by atoms with E-state index in [1.54, 1.807) is 27.0 Å². The topological polar surface area (TPSA) is 152 Å². The summed E-state index contributed by atoms with van der Waals surface area (Å²) in [5.74, 6) is 1.15. The Kier molecular flexibility index (Phi) is 6.60. The van der Waals surface area contributed by atoms with Crippen molar-refractivity contribution in [3.63, 3.8) is 0 Å². The maximum atomic E-state index is 14.2. The van der Waals surface area contributed by atoms with Gasteiger partial charge in [-0.2, -0.15) is 0 Å². The summed E-state index contributed by atoms with van der Waals surface area (Å²) < 4.78 is 20.5. The van der Waals surface area contributed by atoms with Gasteiger partial charge in [0.15, 0.2) is 23.4 Å². The Morgan fingerprint density at radius 3 is 2.66 bits per heavy atom. The van der Waals surface area contributed by atoms with Gasteiger partial charge in [-0.1, -0.05) is 89.2 Å². The molecule has 0 saturated carbocycles. The number of nitrogens with one attached hydrogen (secondary N) is 3. The van der Waals surface area contributed by atoms with E-state index in [9.17, 15) is 14.7 Å². The standard InChI is InChI=1S/C42H39N5O6/c1-19(2)31-39-46-33-35(53-39)42-25-11-7-10-23(22-9-6-8-21-13-14-24(30(21)22)29-18-43-38(33)51-29)32(25)47-40(42)52-28-15-12-20(16-26(28)42)17-27(36(49)45-31)44-37(50)34(48)41(3,4)5/h6-12,14-16,18-19,27,31,34,40,47-48H,13,17H2,1-5H3,(H,44,50)(H,45,49)/t27?,31-,34+,40-,42?/m0/s1. The first kappa shape index (κ1) is 32.0. The molecule has 0 saturated heterocycles. The molecule has 6 heterocycles. The largest absolute Gasteiger partial charge is 0.469 e. The number of allylic oxidation sites excluding steroid dienone is 1. The molecule has 4 aliphatic heterocycles. The summed E-state index contributed by atoms with van der Waals surface area (Å²) in [6.45, 7) is 9.28. The molecule has 10 rings (SSSR count). The fraction of sp³-hybridized carbons (Fsp3) is 0.333. The average molecular weight is 710 g/mol. The molecular formula is C42H39N5O6. The third-order valence-electron chi connectivity index (χ3n) is 11.5. The number of aliphatic hydroxyl groups is 1. The van der Waals surface area contributed by atoms with E-state index >= 15 is 0 Å². The fourth-order valence-electron chi connectivity index (χ4n) is 8.75. The van der Waals surface area contributed by atoms with Gasteiger partial charge in [-0.05, 0) is 46.1 Å². The second kappa shape index (κ2) is 10.9. The normalized spacial score (nSPS) is 23.4. The van der Waals surface area contributed by atoms with Gasteiger partial charge in [0.2, 0.25) is 23.6 Å². The molecule has 1 aliphatic carbocycles. The minimum atomic E-state index is -1.33. The Morgan fingerprint density at radius 1 is 1.04 bits per heavy atom. The number of aromatic nitrogens is 2. The van der Waals surface area contributed by atoms with Crippen LogP contribution in [0.5, 0.6) is 5.75 Å². The van der Waals surface area contributed by atoms with Crippen molar-refractivity contribution in [2.45, 2.75) is 77.3 Å². The maximum absolute atomic E-state index is 14.2. The minimum absolute atomic E-state index is 0.168. The van der Waals surface area contributed by atoms with Crippen LogP contribution in [0.25, 0.3) is 28.3 Å². The van der Waals surface area contributed by atoms with Gasteiger partial charge in [0, 0.05) is 34.4 Å². The first-order chi connectivity index (χ1) is 25.4. The number of aliphatic hydroxyl groups excluding tert-OH is 1. The van der Waals surface area contributed by atoms with Crippen LogP contribution in [-0.2, 0) is 27.8 Å². The van der Waals surface area contributed by atoms with Gasteiger partial charge in [0.05, 0.1) is 6.20 Å². The second-order valence-corrected chi connectivity index (χ2v) is 16.2. The lowest BCUT2D eigenvalue weighted by Gasteiger charge is -2.30. The van der Waals surface area contributed by atoms with Crippen LogP contribution < -0.4 is 20.7 Å². The van der Waals surface area contributed by atoms with Crippen molar-refractivity contribution in [2.75, 3.05) is 5.32 Å². The number of amides is 2. The molecule has 53 heavy (non-hydrogen) atoms. The van der Waals surface area contributed by atoms with Gasteiger partial charge in [0.1, 0.15) is 29.4 Å². The number of hydrogen-bond acceptors (Lipinski definition) is 9. The molecule has 11 nitrogen and oxygen atoms in total. The zero-order chi connectivity index (χ0) is 36.6. The van der Waals surface area contributed by atoms with E-state index in [1.807, 2.05) is 32.0 Å². The second-order valence-electron chi connectivity index (χ2n) is 16.2. The van der Waals surface area contributed by atoms with E-state index in [1.165, 1.54) is 5.56 Å². The molecule has 11 heteroatoms. The number of benzene rings is 3. The van der Waals surface area contributed by atoms with Crippen LogP contribution in [0.3, 0.4) is 0 Å². The number of fused-ring (bicyclic) bond motifs is 7. The predicted octanol–water partition coefficient (Wildman–Crippen LogP) is 6.04. The number of anilines is 1. The molecule has 4 N–H and O–H groups in total. The molecule has 0 fully saturated rings. The van der Waals surface area contributed by atoms with E-state index in [0.717, 1.165) is 51.1 Å². The zero-order valence-electron chi connectivity index (χ0n) is 30.0. The van der Waals surface area contributed by atoms with E-state index < -0.39 is 47.1 Å². The average Bonchev–Trinajstić information content (AvgIpc) is 3.95. The summed E-state index contributed by atoms with van der Waals surface area (Å²) in [4.78, 5) is 37.6. The molecule has 5 aliphatic rings. The Labute approximate surface area is 305 Å². The SMILES string of the molecule is CC(C)[C@@H]1NC(=O)C(NC(=O)[C@@H](O)C(C)(C)C)Cc2ccc3c(c2)C24c5cccc(c5N[C@H]2O3)-c2cccc3c2C(=CC3)c2cnc(o2)-c2nc1oc24. The van der Waals surface area contributed by atoms with Gasteiger partial charge in [0.25, 0.3) is 0 Å². The number of rotatable bonds is 3. The van der Waals surface area contributed by atoms with E-state index in [0.29, 0.717) is 28.9 Å². The fourth-order valence-corrected chi connectivity index (χ4v) is 8.75. The van der Waals surface area contributed by atoms with Crippen LogP contribution in [-0.4, -0.2) is 45.3 Å². The molecule has 2 unspecified atom stereocenters. The van der Waals surface area contributed by atoms with Crippen LogP contribution >= 0.6 is 0 Å². The third-order valence-corrected chi connectivity index (χ3v) is 11.5. The van der Waals surface area contributed by atoms with Crippen molar-refractivity contribution in [2.24, 2.45) is 11.3 Å². The molecule has 268 valence electrons. The van der Waals surface area contributed by atoms with Crippen LogP contribution in [0.1, 0.15) is 85.9 Å². The van der Waals surface area contributed by atoms with Crippen molar-refractivity contribution in [1.82, 2.24) is 20.6 Å². The summed E-state index contributed by atoms with van der Waals surface area (Å²) in [6.07, 6.45) is 2.92. The van der Waals surface area contributed by atoms with Gasteiger partial charge in [-0.15, -0.1) is 0 Å². The van der Waals surface area contributed by atoms with Crippen molar-refractivity contribution in [1.29, 1.82) is 0 Å². The monoisotopic (exact) mass is 709 g/mol. The Bertz CT molecular complexity index is 2430. The number of oxazole rings is 2. The van der Waals surface area contributed by atoms with E-state index in [2.05, 4.69) is 58.4 Å².